The van der Waals surface area contributed by atoms with Gasteiger partial charge in [-0.15, -0.1) is 0 Å². The fourth-order valence-corrected chi connectivity index (χ4v) is 2.14. The number of benzene rings is 2. The maximum absolute atomic E-state index is 6.01. The molecule has 88 valence electrons. The minimum Gasteiger partial charge on any atom is -0.233 e. The van der Waals surface area contributed by atoms with Crippen LogP contribution in [0.3, 0.4) is 0 Å². The number of rotatable bonds is 1. The van der Waals surface area contributed by atoms with Gasteiger partial charge in [-0.2, -0.15) is 0 Å². The Morgan fingerprint density at radius 2 is 1.72 bits per heavy atom. The van der Waals surface area contributed by atoms with Gasteiger partial charge in [0, 0.05) is 21.7 Å². The van der Waals surface area contributed by atoms with Crippen LogP contribution in [0.4, 0.5) is 0 Å². The second-order valence-electron chi connectivity index (χ2n) is 4.16. The molecule has 0 saturated carbocycles. The molecule has 0 N–H and O–H groups in total. The number of hydrogen-bond acceptors (Lipinski definition) is 2. The molecule has 3 rings (SSSR count). The largest absolute Gasteiger partial charge is 0.233 e. The Balaban J connectivity index is 2.27. The lowest BCUT2D eigenvalue weighted by Crippen LogP contribution is -1.94. The summed E-state index contributed by atoms with van der Waals surface area (Å²) in [5, 5.41) is 1.73. The zero-order chi connectivity index (χ0) is 12.5. The second kappa shape index (κ2) is 4.39. The summed E-state index contributed by atoms with van der Waals surface area (Å²) < 4.78 is 0. The molecule has 0 fully saturated rings. The Morgan fingerprint density at radius 1 is 0.944 bits per heavy atom. The van der Waals surface area contributed by atoms with Crippen LogP contribution < -0.4 is 0 Å². The molecule has 0 atom stereocenters. The highest BCUT2D eigenvalue weighted by Crippen LogP contribution is 2.23. The molecule has 0 amide bonds. The van der Waals surface area contributed by atoms with Crippen molar-refractivity contribution in [1.82, 2.24) is 9.97 Å². The number of aryl methyl sites for hydroxylation is 1. The molecule has 0 radical (unpaired) electrons. The first-order valence-electron chi connectivity index (χ1n) is 5.73. The van der Waals surface area contributed by atoms with Gasteiger partial charge < -0.3 is 0 Å². The quantitative estimate of drug-likeness (QED) is 0.648. The van der Waals surface area contributed by atoms with Gasteiger partial charge in [-0.3, -0.25) is 0 Å². The van der Waals surface area contributed by atoms with Gasteiger partial charge in [0.05, 0.1) is 5.52 Å². The molecule has 0 spiro atoms. The summed E-state index contributed by atoms with van der Waals surface area (Å²) >= 11 is 6.01. The van der Waals surface area contributed by atoms with Crippen molar-refractivity contribution in [2.24, 2.45) is 0 Å². The van der Waals surface area contributed by atoms with Gasteiger partial charge in [0.2, 0.25) is 0 Å². The van der Waals surface area contributed by atoms with Crippen molar-refractivity contribution in [2.45, 2.75) is 6.92 Å². The summed E-state index contributed by atoms with van der Waals surface area (Å²) in [4.78, 5) is 9.12. The van der Waals surface area contributed by atoms with Crippen LogP contribution in [0, 0.1) is 6.92 Å². The van der Waals surface area contributed by atoms with Crippen molar-refractivity contribution in [2.75, 3.05) is 0 Å². The standard InChI is InChI=1S/C15H11ClN2/c1-10-13-8-7-12(16)9-14(13)18-15(17-10)11-5-3-2-4-6-11/h2-9H,1H3. The summed E-state index contributed by atoms with van der Waals surface area (Å²) in [5.74, 6) is 0.739. The molecule has 0 aliphatic heterocycles. The Labute approximate surface area is 110 Å². The third-order valence-corrected chi connectivity index (χ3v) is 3.12. The molecular formula is C15H11ClN2. The fourth-order valence-electron chi connectivity index (χ4n) is 1.98. The van der Waals surface area contributed by atoms with E-state index in [2.05, 4.69) is 9.97 Å². The minimum absolute atomic E-state index is 0.694. The molecule has 3 aromatic rings. The van der Waals surface area contributed by atoms with E-state index < -0.39 is 0 Å². The second-order valence-corrected chi connectivity index (χ2v) is 4.60. The van der Waals surface area contributed by atoms with E-state index in [-0.39, 0.29) is 0 Å². The molecule has 1 heterocycles. The van der Waals surface area contributed by atoms with Gasteiger partial charge in [0.25, 0.3) is 0 Å². The first-order valence-corrected chi connectivity index (χ1v) is 6.11. The van der Waals surface area contributed by atoms with Crippen molar-refractivity contribution in [3.8, 4) is 11.4 Å². The molecule has 3 heteroatoms. The maximum Gasteiger partial charge on any atom is 0.160 e. The van der Waals surface area contributed by atoms with Crippen molar-refractivity contribution >= 4 is 22.5 Å². The summed E-state index contributed by atoms with van der Waals surface area (Å²) in [6.07, 6.45) is 0. The van der Waals surface area contributed by atoms with Gasteiger partial charge >= 0.3 is 0 Å². The van der Waals surface area contributed by atoms with E-state index in [1.165, 1.54) is 0 Å². The van der Waals surface area contributed by atoms with Crippen LogP contribution in [-0.4, -0.2) is 9.97 Å². The molecule has 0 unspecified atom stereocenters. The molecule has 2 nitrogen and oxygen atoms in total. The highest BCUT2D eigenvalue weighted by Gasteiger charge is 2.06. The SMILES string of the molecule is Cc1nc(-c2ccccc2)nc2cc(Cl)ccc12. The Hall–Kier alpha value is -1.93. The Kier molecular flexibility index (Phi) is 2.73. The fraction of sp³-hybridized carbons (Fsp3) is 0.0667. The maximum atomic E-state index is 6.01. The lowest BCUT2D eigenvalue weighted by molar-refractivity contribution is 1.16. The summed E-state index contributed by atoms with van der Waals surface area (Å²) in [6, 6.07) is 15.7. The third kappa shape index (κ3) is 1.95. The molecule has 18 heavy (non-hydrogen) atoms. The van der Waals surface area contributed by atoms with Crippen LogP contribution in [-0.2, 0) is 0 Å². The number of halogens is 1. The normalized spacial score (nSPS) is 10.8. The van der Waals surface area contributed by atoms with E-state index in [1.54, 1.807) is 0 Å². The van der Waals surface area contributed by atoms with Gasteiger partial charge in [-0.25, -0.2) is 9.97 Å². The first kappa shape index (κ1) is 11.2. The molecule has 1 aromatic heterocycles. The molecule has 0 aliphatic rings. The van der Waals surface area contributed by atoms with Crippen LogP contribution in [0.2, 0.25) is 5.02 Å². The van der Waals surface area contributed by atoms with Gasteiger partial charge in [0.15, 0.2) is 5.82 Å². The van der Waals surface area contributed by atoms with Crippen LogP contribution in [0.5, 0.6) is 0 Å². The van der Waals surface area contributed by atoms with Crippen molar-refractivity contribution in [3.05, 3.63) is 59.2 Å². The summed E-state index contributed by atoms with van der Waals surface area (Å²) in [7, 11) is 0. The Morgan fingerprint density at radius 3 is 2.50 bits per heavy atom. The molecule has 0 aliphatic carbocycles. The lowest BCUT2D eigenvalue weighted by Gasteiger charge is -2.05. The number of nitrogens with zero attached hydrogens (tertiary/aromatic N) is 2. The van der Waals surface area contributed by atoms with Crippen LogP contribution in [0.1, 0.15) is 5.69 Å². The predicted molar refractivity (Wildman–Crippen MR) is 74.7 cm³/mol. The summed E-state index contributed by atoms with van der Waals surface area (Å²) in [6.45, 7) is 1.99. The molecule has 0 bridgehead atoms. The average Bonchev–Trinajstić information content (AvgIpc) is 2.39. The van der Waals surface area contributed by atoms with E-state index in [0.717, 1.165) is 28.0 Å². The van der Waals surface area contributed by atoms with E-state index >= 15 is 0 Å². The van der Waals surface area contributed by atoms with E-state index in [9.17, 15) is 0 Å². The lowest BCUT2D eigenvalue weighted by atomic mass is 10.1. The molecular weight excluding hydrogens is 244 g/mol. The smallest absolute Gasteiger partial charge is 0.160 e. The first-order chi connectivity index (χ1) is 8.74. The number of hydrogen-bond donors (Lipinski definition) is 0. The predicted octanol–water partition coefficient (Wildman–Crippen LogP) is 4.26. The van der Waals surface area contributed by atoms with Crippen LogP contribution in [0.25, 0.3) is 22.3 Å². The monoisotopic (exact) mass is 254 g/mol. The Bertz CT molecular complexity index is 708. The van der Waals surface area contributed by atoms with E-state index in [1.807, 2.05) is 55.5 Å². The minimum atomic E-state index is 0.694. The van der Waals surface area contributed by atoms with Gasteiger partial charge in [-0.1, -0.05) is 41.9 Å². The van der Waals surface area contributed by atoms with Crippen molar-refractivity contribution in [1.29, 1.82) is 0 Å². The molecule has 2 aromatic carbocycles. The number of fused-ring (bicyclic) bond motifs is 1. The highest BCUT2D eigenvalue weighted by atomic mass is 35.5. The third-order valence-electron chi connectivity index (χ3n) is 2.88. The topological polar surface area (TPSA) is 25.8 Å². The van der Waals surface area contributed by atoms with E-state index in [0.29, 0.717) is 5.02 Å². The highest BCUT2D eigenvalue weighted by molar-refractivity contribution is 6.31. The van der Waals surface area contributed by atoms with Crippen LogP contribution in [0.15, 0.2) is 48.5 Å². The number of aromatic nitrogens is 2. The molecule has 0 saturated heterocycles. The van der Waals surface area contributed by atoms with E-state index in [4.69, 9.17) is 11.6 Å². The van der Waals surface area contributed by atoms with Gasteiger partial charge in [0.1, 0.15) is 0 Å². The van der Waals surface area contributed by atoms with Crippen molar-refractivity contribution in [3.63, 3.8) is 0 Å². The van der Waals surface area contributed by atoms with Gasteiger partial charge in [-0.05, 0) is 25.1 Å². The van der Waals surface area contributed by atoms with Crippen LogP contribution >= 0.6 is 11.6 Å². The van der Waals surface area contributed by atoms with Crippen molar-refractivity contribution < 1.29 is 0 Å². The zero-order valence-electron chi connectivity index (χ0n) is 9.89. The zero-order valence-corrected chi connectivity index (χ0v) is 10.6. The average molecular weight is 255 g/mol. The summed E-state index contributed by atoms with van der Waals surface area (Å²) in [5.41, 5.74) is 2.87.